The molecule has 1 heterocycles. The fourth-order valence-corrected chi connectivity index (χ4v) is 3.75. The molecule has 0 fully saturated rings. The Kier molecular flexibility index (Phi) is 6.40. The van der Waals surface area contributed by atoms with Gasteiger partial charge in [-0.05, 0) is 36.4 Å². The van der Waals surface area contributed by atoms with Crippen molar-refractivity contribution in [3.8, 4) is 22.7 Å². The van der Waals surface area contributed by atoms with Crippen molar-refractivity contribution in [2.75, 3.05) is 12.4 Å². The van der Waals surface area contributed by atoms with E-state index in [1.165, 1.54) is 38.4 Å². The van der Waals surface area contributed by atoms with Gasteiger partial charge in [-0.25, -0.2) is 22.2 Å². The van der Waals surface area contributed by atoms with Gasteiger partial charge in [-0.15, -0.1) is 0 Å². The zero-order valence-electron chi connectivity index (χ0n) is 18.2. The molecule has 0 aliphatic heterocycles. The van der Waals surface area contributed by atoms with E-state index >= 15 is 8.78 Å². The Hall–Kier alpha value is -4.05. The van der Waals surface area contributed by atoms with Crippen molar-refractivity contribution < 1.29 is 27.1 Å². The largest absolute Gasteiger partial charge is 0.497 e. The summed E-state index contributed by atoms with van der Waals surface area (Å²) < 4.78 is 65.5. The molecule has 0 aliphatic rings. The summed E-state index contributed by atoms with van der Waals surface area (Å²) in [7, 11) is 2.38. The van der Waals surface area contributed by atoms with Gasteiger partial charge in [0.25, 0.3) is 11.5 Å². The molecule has 0 atom stereocenters. The van der Waals surface area contributed by atoms with Crippen LogP contribution >= 0.6 is 11.6 Å². The molecule has 0 radical (unpaired) electrons. The molecule has 1 N–H and O–H groups in total. The third-order valence-corrected chi connectivity index (χ3v) is 5.50. The van der Waals surface area contributed by atoms with Crippen molar-refractivity contribution in [1.82, 2.24) is 9.36 Å². The summed E-state index contributed by atoms with van der Waals surface area (Å²) in [4.78, 5) is 26.2. The van der Waals surface area contributed by atoms with Gasteiger partial charge < -0.3 is 10.1 Å². The number of hydrogen-bond donors (Lipinski definition) is 1. The third-order valence-electron chi connectivity index (χ3n) is 5.25. The van der Waals surface area contributed by atoms with Gasteiger partial charge in [0.2, 0.25) is 0 Å². The van der Waals surface area contributed by atoms with E-state index in [-0.39, 0.29) is 11.3 Å². The zero-order chi connectivity index (χ0) is 25.4. The van der Waals surface area contributed by atoms with Crippen molar-refractivity contribution >= 4 is 23.2 Å². The Balaban J connectivity index is 2.00. The van der Waals surface area contributed by atoms with Gasteiger partial charge in [-0.3, -0.25) is 14.3 Å². The minimum absolute atomic E-state index is 0.0721. The third kappa shape index (κ3) is 4.28. The molecule has 35 heavy (non-hydrogen) atoms. The second-order valence-corrected chi connectivity index (χ2v) is 7.80. The maximum Gasteiger partial charge on any atom is 0.296 e. The van der Waals surface area contributed by atoms with Crippen LogP contribution < -0.4 is 15.6 Å². The lowest BCUT2D eigenvalue weighted by Gasteiger charge is -2.13. The van der Waals surface area contributed by atoms with E-state index in [1.807, 2.05) is 0 Å². The molecule has 0 aliphatic carbocycles. The predicted molar refractivity (Wildman–Crippen MR) is 122 cm³/mol. The number of anilines is 1. The number of ether oxygens (including phenoxy) is 1. The molecule has 1 amide bonds. The first-order valence-electron chi connectivity index (χ1n) is 10.0. The van der Waals surface area contributed by atoms with Crippen molar-refractivity contribution in [3.63, 3.8) is 0 Å². The molecule has 3 aromatic carbocycles. The lowest BCUT2D eigenvalue weighted by Crippen LogP contribution is -2.24. The molecule has 0 unspecified atom stereocenters. The summed E-state index contributed by atoms with van der Waals surface area (Å²) in [6.07, 6.45) is 0. The number of methoxy groups -OCH3 is 1. The number of amides is 1. The highest BCUT2D eigenvalue weighted by molar-refractivity contribution is 6.30. The van der Waals surface area contributed by atoms with E-state index in [0.717, 1.165) is 35.0 Å². The number of nitrogens with zero attached hydrogens (tertiary/aromatic N) is 2. The van der Waals surface area contributed by atoms with E-state index < -0.39 is 57.4 Å². The molecule has 0 spiro atoms. The number of carbonyl (C=O) groups is 1. The van der Waals surface area contributed by atoms with Crippen molar-refractivity contribution in [2.45, 2.75) is 0 Å². The standard InChI is InChI=1S/C24H16ClF4N3O3/c1-31-22(19-17(28)10-14(35-2)11-18(19)29)20(30-23(33)12-6-8-13(25)9-7-12)24(34)32(31)21-15(26)4-3-5-16(21)27/h3-11H,1-2H3,(H,30,33). The molecular weight excluding hydrogens is 490 g/mol. The Bertz CT molecular complexity index is 1470. The Morgan fingerprint density at radius 3 is 2.06 bits per heavy atom. The fourth-order valence-electron chi connectivity index (χ4n) is 3.63. The van der Waals surface area contributed by atoms with Crippen LogP contribution in [-0.2, 0) is 7.05 Å². The Morgan fingerprint density at radius 1 is 0.943 bits per heavy atom. The van der Waals surface area contributed by atoms with Gasteiger partial charge in [-0.1, -0.05) is 17.7 Å². The number of rotatable bonds is 5. The fraction of sp³-hybridized carbons (Fsp3) is 0.0833. The van der Waals surface area contributed by atoms with Gasteiger partial charge in [-0.2, -0.15) is 0 Å². The van der Waals surface area contributed by atoms with Crippen LogP contribution in [0.5, 0.6) is 5.75 Å². The summed E-state index contributed by atoms with van der Waals surface area (Å²) >= 11 is 5.84. The van der Waals surface area contributed by atoms with E-state index in [1.54, 1.807) is 0 Å². The maximum absolute atomic E-state index is 15.0. The molecule has 0 bridgehead atoms. The number of carbonyl (C=O) groups excluding carboxylic acids is 1. The normalized spacial score (nSPS) is 10.9. The van der Waals surface area contributed by atoms with Crippen LogP contribution in [0.2, 0.25) is 5.02 Å². The minimum atomic E-state index is -1.13. The summed E-state index contributed by atoms with van der Waals surface area (Å²) in [5.74, 6) is -5.44. The minimum Gasteiger partial charge on any atom is -0.497 e. The zero-order valence-corrected chi connectivity index (χ0v) is 19.0. The molecule has 0 saturated carbocycles. The smallest absolute Gasteiger partial charge is 0.296 e. The van der Waals surface area contributed by atoms with Crippen LogP contribution in [0, 0.1) is 23.3 Å². The van der Waals surface area contributed by atoms with Gasteiger partial charge in [0, 0.05) is 29.8 Å². The molecule has 6 nitrogen and oxygen atoms in total. The SMILES string of the molecule is COc1cc(F)c(-c2c(NC(=O)c3ccc(Cl)cc3)c(=O)n(-c3c(F)cccc3F)n2C)c(F)c1. The van der Waals surface area contributed by atoms with Gasteiger partial charge in [0.05, 0.1) is 12.7 Å². The quantitative estimate of drug-likeness (QED) is 0.374. The van der Waals surface area contributed by atoms with Crippen LogP contribution in [-0.4, -0.2) is 22.4 Å². The summed E-state index contributed by atoms with van der Waals surface area (Å²) in [5.41, 5.74) is -3.61. The first-order chi connectivity index (χ1) is 16.6. The molecule has 180 valence electrons. The van der Waals surface area contributed by atoms with Crippen LogP contribution in [0.25, 0.3) is 16.9 Å². The molecule has 11 heteroatoms. The van der Waals surface area contributed by atoms with Crippen LogP contribution in [0.4, 0.5) is 23.2 Å². The van der Waals surface area contributed by atoms with E-state index in [4.69, 9.17) is 16.3 Å². The maximum atomic E-state index is 15.0. The Morgan fingerprint density at radius 2 is 1.51 bits per heavy atom. The average Bonchev–Trinajstić information content (AvgIpc) is 3.03. The van der Waals surface area contributed by atoms with Gasteiger partial charge in [0.15, 0.2) is 11.6 Å². The van der Waals surface area contributed by atoms with Crippen LogP contribution in [0.3, 0.4) is 0 Å². The van der Waals surface area contributed by atoms with Crippen molar-refractivity contribution in [2.24, 2.45) is 7.05 Å². The van der Waals surface area contributed by atoms with Gasteiger partial charge >= 0.3 is 0 Å². The van der Waals surface area contributed by atoms with Crippen molar-refractivity contribution in [3.05, 3.63) is 98.8 Å². The number of benzene rings is 3. The molecule has 1 aromatic heterocycles. The lowest BCUT2D eigenvalue weighted by molar-refractivity contribution is 0.102. The highest BCUT2D eigenvalue weighted by atomic mass is 35.5. The second kappa shape index (κ2) is 9.30. The summed E-state index contributed by atoms with van der Waals surface area (Å²) in [6, 6.07) is 10.2. The predicted octanol–water partition coefficient (Wildman–Crippen LogP) is 5.31. The summed E-state index contributed by atoms with van der Waals surface area (Å²) in [5, 5.41) is 2.67. The number of nitrogens with one attached hydrogen (secondary N) is 1. The molecule has 4 rings (SSSR count). The number of para-hydroxylation sites is 1. The highest BCUT2D eigenvalue weighted by Crippen LogP contribution is 2.34. The number of halogens is 5. The first kappa shape index (κ1) is 24.1. The van der Waals surface area contributed by atoms with Crippen LogP contribution in [0.1, 0.15) is 10.4 Å². The highest BCUT2D eigenvalue weighted by Gasteiger charge is 2.29. The first-order valence-corrected chi connectivity index (χ1v) is 10.4. The van der Waals surface area contributed by atoms with Gasteiger partial charge in [0.1, 0.15) is 34.5 Å². The second-order valence-electron chi connectivity index (χ2n) is 7.36. The lowest BCUT2D eigenvalue weighted by atomic mass is 10.1. The molecule has 4 aromatic rings. The topological polar surface area (TPSA) is 65.3 Å². The van der Waals surface area contributed by atoms with E-state index in [2.05, 4.69) is 5.32 Å². The number of hydrogen-bond acceptors (Lipinski definition) is 3. The molecular formula is C24H16ClF4N3O3. The average molecular weight is 506 g/mol. The van der Waals surface area contributed by atoms with E-state index in [0.29, 0.717) is 9.70 Å². The number of aromatic nitrogens is 2. The van der Waals surface area contributed by atoms with Crippen molar-refractivity contribution in [1.29, 1.82) is 0 Å². The van der Waals surface area contributed by atoms with Crippen LogP contribution in [0.15, 0.2) is 59.4 Å². The Labute approximate surface area is 200 Å². The monoisotopic (exact) mass is 505 g/mol. The molecule has 0 saturated heterocycles. The van der Waals surface area contributed by atoms with E-state index in [9.17, 15) is 18.4 Å². The summed E-state index contributed by atoms with van der Waals surface area (Å²) in [6.45, 7) is 0.